The zero-order chi connectivity index (χ0) is 15.6. The van der Waals surface area contributed by atoms with Gasteiger partial charge in [-0.3, -0.25) is 0 Å². The maximum absolute atomic E-state index is 12.6. The number of nitrogens with zero attached hydrogens (tertiary/aromatic N) is 3. The van der Waals surface area contributed by atoms with Gasteiger partial charge >= 0.3 is 6.18 Å². The van der Waals surface area contributed by atoms with Gasteiger partial charge in [-0.15, -0.1) is 0 Å². The lowest BCUT2D eigenvalue weighted by atomic mass is 10.2. The molecule has 1 aliphatic carbocycles. The molecule has 1 heterocycles. The lowest BCUT2D eigenvalue weighted by Gasteiger charge is -2.28. The van der Waals surface area contributed by atoms with Crippen LogP contribution < -0.4 is 10.2 Å². The number of aromatic nitrogens is 2. The van der Waals surface area contributed by atoms with Crippen molar-refractivity contribution in [2.24, 2.45) is 0 Å². The Morgan fingerprint density at radius 3 is 2.52 bits per heavy atom. The first-order chi connectivity index (χ1) is 9.76. The van der Waals surface area contributed by atoms with Gasteiger partial charge in [0.2, 0.25) is 5.95 Å². The fourth-order valence-electron chi connectivity index (χ4n) is 2.01. The van der Waals surface area contributed by atoms with Crippen LogP contribution in [-0.2, 0) is 6.54 Å². The number of hydrogen-bond donors (Lipinski definition) is 1. The molecule has 0 spiro atoms. The van der Waals surface area contributed by atoms with Crippen LogP contribution in [0, 0.1) is 6.92 Å². The summed E-state index contributed by atoms with van der Waals surface area (Å²) in [4.78, 5) is 9.54. The van der Waals surface area contributed by atoms with E-state index in [0.717, 1.165) is 11.3 Å². The average Bonchev–Trinajstić information content (AvgIpc) is 3.17. The highest BCUT2D eigenvalue weighted by atomic mass is 19.4. The molecule has 0 saturated heterocycles. The summed E-state index contributed by atoms with van der Waals surface area (Å²) in [5, 5.41) is 3.35. The maximum Gasteiger partial charge on any atom is 0.406 e. The molecule has 0 atom stereocenters. The molecule has 0 amide bonds. The summed E-state index contributed by atoms with van der Waals surface area (Å²) in [6, 6.07) is 0.253. The number of rotatable bonds is 6. The minimum atomic E-state index is -4.27. The van der Waals surface area contributed by atoms with Crippen LogP contribution in [-0.4, -0.2) is 34.8 Å². The quantitative estimate of drug-likeness (QED) is 0.877. The fraction of sp³-hybridized carbons (Fsp3) is 0.714. The van der Waals surface area contributed by atoms with E-state index < -0.39 is 12.7 Å². The van der Waals surface area contributed by atoms with E-state index in [4.69, 9.17) is 0 Å². The number of nitrogens with one attached hydrogen (secondary N) is 1. The third-order valence-corrected chi connectivity index (χ3v) is 3.46. The summed E-state index contributed by atoms with van der Waals surface area (Å²) in [5.74, 6) is 0.134. The van der Waals surface area contributed by atoms with E-state index in [-0.39, 0.29) is 12.0 Å². The number of alkyl halides is 3. The van der Waals surface area contributed by atoms with Gasteiger partial charge in [-0.05, 0) is 33.6 Å². The van der Waals surface area contributed by atoms with E-state index in [1.807, 2.05) is 0 Å². The molecule has 1 aliphatic rings. The molecule has 118 valence electrons. The zero-order valence-electron chi connectivity index (χ0n) is 12.5. The SMILES string of the molecule is Cc1nc(N(CC(F)(F)F)C(C)C)ncc1CNC1CC1. The van der Waals surface area contributed by atoms with Crippen LogP contribution in [0.15, 0.2) is 6.20 Å². The highest BCUT2D eigenvalue weighted by Crippen LogP contribution is 2.23. The molecule has 2 rings (SSSR count). The van der Waals surface area contributed by atoms with Crippen molar-refractivity contribution in [1.29, 1.82) is 0 Å². The summed E-state index contributed by atoms with van der Waals surface area (Å²) >= 11 is 0. The summed E-state index contributed by atoms with van der Waals surface area (Å²) in [6.45, 7) is 4.84. The van der Waals surface area contributed by atoms with Crippen LogP contribution >= 0.6 is 0 Å². The number of aryl methyl sites for hydroxylation is 1. The van der Waals surface area contributed by atoms with E-state index in [9.17, 15) is 13.2 Å². The van der Waals surface area contributed by atoms with Gasteiger partial charge in [0.15, 0.2) is 0 Å². The minimum Gasteiger partial charge on any atom is -0.329 e. The van der Waals surface area contributed by atoms with Crippen LogP contribution in [0.4, 0.5) is 19.1 Å². The summed E-state index contributed by atoms with van der Waals surface area (Å²) in [7, 11) is 0. The van der Waals surface area contributed by atoms with Crippen molar-refractivity contribution >= 4 is 5.95 Å². The van der Waals surface area contributed by atoms with E-state index >= 15 is 0 Å². The summed E-state index contributed by atoms with van der Waals surface area (Å²) in [6.07, 6.45) is -0.276. The van der Waals surface area contributed by atoms with E-state index in [1.165, 1.54) is 17.7 Å². The van der Waals surface area contributed by atoms with E-state index in [2.05, 4.69) is 15.3 Å². The monoisotopic (exact) mass is 302 g/mol. The topological polar surface area (TPSA) is 41.1 Å². The smallest absolute Gasteiger partial charge is 0.329 e. The molecule has 0 aromatic carbocycles. The van der Waals surface area contributed by atoms with Crippen LogP contribution in [0.25, 0.3) is 0 Å². The fourth-order valence-corrected chi connectivity index (χ4v) is 2.01. The molecule has 1 fully saturated rings. The van der Waals surface area contributed by atoms with Crippen LogP contribution in [0.1, 0.15) is 37.9 Å². The molecule has 7 heteroatoms. The highest BCUT2D eigenvalue weighted by molar-refractivity contribution is 5.34. The first kappa shape index (κ1) is 16.0. The van der Waals surface area contributed by atoms with Crippen molar-refractivity contribution in [3.8, 4) is 0 Å². The van der Waals surface area contributed by atoms with Crippen molar-refractivity contribution in [3.63, 3.8) is 0 Å². The number of halogens is 3. The first-order valence-corrected chi connectivity index (χ1v) is 7.15. The molecule has 0 bridgehead atoms. The Hall–Kier alpha value is -1.37. The third kappa shape index (κ3) is 4.84. The van der Waals surface area contributed by atoms with Crippen LogP contribution in [0.3, 0.4) is 0 Å². The Kier molecular flexibility index (Phi) is 4.70. The normalized spacial score (nSPS) is 15.6. The predicted octanol–water partition coefficient (Wildman–Crippen LogP) is 2.81. The Labute approximate surface area is 122 Å². The van der Waals surface area contributed by atoms with Gasteiger partial charge < -0.3 is 10.2 Å². The Morgan fingerprint density at radius 2 is 2.05 bits per heavy atom. The average molecular weight is 302 g/mol. The van der Waals surface area contributed by atoms with Crippen molar-refractivity contribution in [1.82, 2.24) is 15.3 Å². The van der Waals surface area contributed by atoms with E-state index in [0.29, 0.717) is 12.6 Å². The standard InChI is InChI=1S/C14H21F3N4/c1-9(2)21(8-14(15,16)17)13-19-7-11(10(3)20-13)6-18-12-4-5-12/h7,9,12,18H,4-6,8H2,1-3H3. The Morgan fingerprint density at radius 1 is 1.38 bits per heavy atom. The van der Waals surface area contributed by atoms with Gasteiger partial charge in [-0.25, -0.2) is 9.97 Å². The van der Waals surface area contributed by atoms with Gasteiger partial charge in [-0.2, -0.15) is 13.2 Å². The Balaban J connectivity index is 2.11. The molecular formula is C14H21F3N4. The van der Waals surface area contributed by atoms with Gasteiger partial charge in [0, 0.05) is 36.1 Å². The van der Waals surface area contributed by atoms with Crippen molar-refractivity contribution in [3.05, 3.63) is 17.5 Å². The number of anilines is 1. The molecule has 0 aliphatic heterocycles. The predicted molar refractivity (Wildman–Crippen MR) is 75.2 cm³/mol. The second-order valence-corrected chi connectivity index (χ2v) is 5.77. The van der Waals surface area contributed by atoms with Crippen LogP contribution in [0.5, 0.6) is 0 Å². The first-order valence-electron chi connectivity index (χ1n) is 7.15. The van der Waals surface area contributed by atoms with E-state index in [1.54, 1.807) is 27.0 Å². The molecule has 4 nitrogen and oxygen atoms in total. The summed E-state index contributed by atoms with van der Waals surface area (Å²) in [5.41, 5.74) is 1.65. The number of hydrogen-bond acceptors (Lipinski definition) is 4. The highest BCUT2D eigenvalue weighted by Gasteiger charge is 2.33. The third-order valence-electron chi connectivity index (χ3n) is 3.46. The largest absolute Gasteiger partial charge is 0.406 e. The minimum absolute atomic E-state index is 0.134. The molecule has 0 radical (unpaired) electrons. The lowest BCUT2D eigenvalue weighted by molar-refractivity contribution is -0.120. The molecule has 1 aromatic heterocycles. The molecule has 1 saturated carbocycles. The van der Waals surface area contributed by atoms with Gasteiger partial charge in [0.1, 0.15) is 6.54 Å². The summed E-state index contributed by atoms with van der Waals surface area (Å²) < 4.78 is 37.9. The van der Waals surface area contributed by atoms with Crippen molar-refractivity contribution in [2.45, 2.75) is 58.4 Å². The van der Waals surface area contributed by atoms with Crippen molar-refractivity contribution < 1.29 is 13.2 Å². The Bertz CT molecular complexity index is 484. The second kappa shape index (κ2) is 6.17. The second-order valence-electron chi connectivity index (χ2n) is 5.77. The zero-order valence-corrected chi connectivity index (χ0v) is 12.5. The van der Waals surface area contributed by atoms with Crippen LogP contribution in [0.2, 0.25) is 0 Å². The molecule has 1 aromatic rings. The molecule has 21 heavy (non-hydrogen) atoms. The van der Waals surface area contributed by atoms with Gasteiger partial charge in [-0.1, -0.05) is 0 Å². The van der Waals surface area contributed by atoms with Crippen molar-refractivity contribution in [2.75, 3.05) is 11.4 Å². The van der Waals surface area contributed by atoms with Gasteiger partial charge in [0.25, 0.3) is 0 Å². The van der Waals surface area contributed by atoms with Gasteiger partial charge in [0.05, 0.1) is 0 Å². The molecule has 1 N–H and O–H groups in total. The molecular weight excluding hydrogens is 281 g/mol. The maximum atomic E-state index is 12.6. The molecule has 0 unspecified atom stereocenters. The lowest BCUT2D eigenvalue weighted by Crippen LogP contribution is -2.40.